The van der Waals surface area contributed by atoms with Crippen LogP contribution in [0.2, 0.25) is 0 Å². The molecule has 5 heteroatoms. The molecule has 0 radical (unpaired) electrons. The van der Waals surface area contributed by atoms with Crippen LogP contribution in [0.5, 0.6) is 0 Å². The Hall–Kier alpha value is -1.46. The van der Waals surface area contributed by atoms with Crippen molar-refractivity contribution in [1.82, 2.24) is 5.32 Å². The van der Waals surface area contributed by atoms with Gasteiger partial charge in [-0.25, -0.2) is 4.39 Å². The third-order valence-corrected chi connectivity index (χ3v) is 5.04. The number of halogens is 1. The molecule has 1 amide bonds. The van der Waals surface area contributed by atoms with Crippen LogP contribution in [0.4, 0.5) is 4.39 Å². The summed E-state index contributed by atoms with van der Waals surface area (Å²) in [5.41, 5.74) is 6.45. The zero-order valence-electron chi connectivity index (χ0n) is 13.3. The Bertz CT molecular complexity index is 546. The van der Waals surface area contributed by atoms with Crippen molar-refractivity contribution >= 4 is 5.91 Å². The Balaban J connectivity index is 1.72. The van der Waals surface area contributed by atoms with Crippen molar-refractivity contribution in [1.29, 1.82) is 0 Å². The van der Waals surface area contributed by atoms with Gasteiger partial charge in [-0.15, -0.1) is 0 Å². The van der Waals surface area contributed by atoms with Crippen LogP contribution in [0.3, 0.4) is 0 Å². The van der Waals surface area contributed by atoms with E-state index in [9.17, 15) is 9.18 Å². The van der Waals surface area contributed by atoms with E-state index in [1.165, 1.54) is 25.0 Å². The summed E-state index contributed by atoms with van der Waals surface area (Å²) >= 11 is 0. The minimum Gasteiger partial charge on any atom is -0.364 e. The number of hydrogen-bond donors (Lipinski definition) is 2. The van der Waals surface area contributed by atoms with Gasteiger partial charge in [-0.05, 0) is 49.3 Å². The Morgan fingerprint density at radius 2 is 2.09 bits per heavy atom. The number of ether oxygens (including phenoxy) is 1. The first-order valence-corrected chi connectivity index (χ1v) is 8.58. The fourth-order valence-electron chi connectivity index (χ4n) is 3.78. The number of amides is 1. The molecule has 3 atom stereocenters. The second-order valence-corrected chi connectivity index (χ2v) is 6.65. The predicted molar refractivity (Wildman–Crippen MR) is 86.2 cm³/mol. The number of carbonyl (C=O) groups excluding carboxylic acids is 1. The molecule has 126 valence electrons. The molecule has 3 N–H and O–H groups in total. The van der Waals surface area contributed by atoms with Crippen LogP contribution in [-0.2, 0) is 9.53 Å². The van der Waals surface area contributed by atoms with Crippen molar-refractivity contribution in [2.75, 3.05) is 6.54 Å². The van der Waals surface area contributed by atoms with Gasteiger partial charge < -0.3 is 15.8 Å². The third kappa shape index (κ3) is 3.90. The van der Waals surface area contributed by atoms with Gasteiger partial charge in [0.25, 0.3) is 0 Å². The van der Waals surface area contributed by atoms with Crippen LogP contribution < -0.4 is 11.1 Å². The van der Waals surface area contributed by atoms with Crippen LogP contribution >= 0.6 is 0 Å². The largest absolute Gasteiger partial charge is 0.364 e. The van der Waals surface area contributed by atoms with Gasteiger partial charge in [-0.1, -0.05) is 25.0 Å². The van der Waals surface area contributed by atoms with Crippen LogP contribution in [0.15, 0.2) is 24.3 Å². The molecule has 1 heterocycles. The quantitative estimate of drug-likeness (QED) is 0.877. The standard InChI is InChI=1S/C18H25FN2O2/c19-14-7-3-6-13(10-14)17(12-4-1-2-5-12)21-18(22)16-9-8-15(11-20)23-16/h3,6-7,10,12,15-17H,1-2,4-5,8-9,11,20H2,(H,21,22)/t15-,16+,17?/m1/s1. The highest BCUT2D eigenvalue weighted by Crippen LogP contribution is 2.36. The fraction of sp³-hybridized carbons (Fsp3) is 0.611. The molecular weight excluding hydrogens is 295 g/mol. The number of carbonyl (C=O) groups is 1. The highest BCUT2D eigenvalue weighted by molar-refractivity contribution is 5.81. The van der Waals surface area contributed by atoms with Crippen LogP contribution in [0, 0.1) is 11.7 Å². The minimum absolute atomic E-state index is 0.0233. The average molecular weight is 320 g/mol. The summed E-state index contributed by atoms with van der Waals surface area (Å²) in [7, 11) is 0. The maximum Gasteiger partial charge on any atom is 0.249 e. The van der Waals surface area contributed by atoms with Crippen molar-refractivity contribution in [2.24, 2.45) is 11.7 Å². The second-order valence-electron chi connectivity index (χ2n) is 6.65. The number of benzene rings is 1. The van der Waals surface area contributed by atoms with Crippen LogP contribution in [-0.4, -0.2) is 24.7 Å². The molecule has 1 saturated carbocycles. The summed E-state index contributed by atoms with van der Waals surface area (Å²) in [6.45, 7) is 0.444. The Kier molecular flexibility index (Phi) is 5.28. The molecule has 1 aromatic rings. The minimum atomic E-state index is -0.430. The summed E-state index contributed by atoms with van der Waals surface area (Å²) in [6.07, 6.45) is 5.54. The molecule has 4 nitrogen and oxygen atoms in total. The SMILES string of the molecule is NC[C@H]1CC[C@@H](C(=O)NC(c2cccc(F)c2)C2CCCC2)O1. The van der Waals surface area contributed by atoms with Crippen molar-refractivity contribution in [3.8, 4) is 0 Å². The molecule has 3 rings (SSSR count). The zero-order valence-corrected chi connectivity index (χ0v) is 13.3. The Morgan fingerprint density at radius 3 is 2.74 bits per heavy atom. The van der Waals surface area contributed by atoms with Gasteiger partial charge in [-0.2, -0.15) is 0 Å². The average Bonchev–Trinajstić information content (AvgIpc) is 3.23. The van der Waals surface area contributed by atoms with E-state index in [0.717, 1.165) is 24.8 Å². The number of nitrogens with two attached hydrogens (primary N) is 1. The molecule has 0 bridgehead atoms. The molecule has 0 spiro atoms. The van der Waals surface area contributed by atoms with E-state index >= 15 is 0 Å². The zero-order chi connectivity index (χ0) is 16.2. The second kappa shape index (κ2) is 7.41. The van der Waals surface area contributed by atoms with Gasteiger partial charge in [-0.3, -0.25) is 4.79 Å². The molecule has 0 aromatic heterocycles. The van der Waals surface area contributed by atoms with E-state index in [1.54, 1.807) is 6.07 Å². The molecule has 2 fully saturated rings. The molecule has 1 unspecified atom stereocenters. The van der Waals surface area contributed by atoms with Crippen LogP contribution in [0.25, 0.3) is 0 Å². The lowest BCUT2D eigenvalue weighted by Gasteiger charge is -2.26. The topological polar surface area (TPSA) is 64.4 Å². The summed E-state index contributed by atoms with van der Waals surface area (Å²) in [5.74, 6) is 0.00891. The Labute approximate surface area is 136 Å². The maximum absolute atomic E-state index is 13.6. The smallest absolute Gasteiger partial charge is 0.249 e. The Morgan fingerprint density at radius 1 is 1.30 bits per heavy atom. The summed E-state index contributed by atoms with van der Waals surface area (Å²) in [6, 6.07) is 6.42. The van der Waals surface area contributed by atoms with Crippen molar-refractivity contribution in [3.63, 3.8) is 0 Å². The predicted octanol–water partition coefficient (Wildman–Crippen LogP) is 2.68. The lowest BCUT2D eigenvalue weighted by molar-refractivity contribution is -0.133. The molecule has 23 heavy (non-hydrogen) atoms. The van der Waals surface area contributed by atoms with E-state index in [4.69, 9.17) is 10.5 Å². The summed E-state index contributed by atoms with van der Waals surface area (Å²) < 4.78 is 19.3. The van der Waals surface area contributed by atoms with Gasteiger partial charge in [0.15, 0.2) is 0 Å². The molecule has 1 saturated heterocycles. The molecular formula is C18H25FN2O2. The number of rotatable bonds is 5. The molecule has 1 aromatic carbocycles. The van der Waals surface area contributed by atoms with Gasteiger partial charge in [0, 0.05) is 6.54 Å². The van der Waals surface area contributed by atoms with E-state index in [0.29, 0.717) is 18.9 Å². The van der Waals surface area contributed by atoms with E-state index in [1.807, 2.05) is 6.07 Å². The maximum atomic E-state index is 13.6. The monoisotopic (exact) mass is 320 g/mol. The van der Waals surface area contributed by atoms with Crippen molar-refractivity contribution in [2.45, 2.75) is 56.8 Å². The van der Waals surface area contributed by atoms with Gasteiger partial charge in [0.05, 0.1) is 12.1 Å². The first kappa shape index (κ1) is 16.4. The summed E-state index contributed by atoms with van der Waals surface area (Å²) in [5, 5.41) is 3.12. The van der Waals surface area contributed by atoms with Gasteiger partial charge in [0.2, 0.25) is 5.91 Å². The van der Waals surface area contributed by atoms with Crippen LogP contribution in [0.1, 0.15) is 50.1 Å². The molecule has 2 aliphatic rings. The number of nitrogens with one attached hydrogen (secondary N) is 1. The fourth-order valence-corrected chi connectivity index (χ4v) is 3.78. The normalized spacial score (nSPS) is 26.3. The van der Waals surface area contributed by atoms with E-state index in [2.05, 4.69) is 5.32 Å². The summed E-state index contributed by atoms with van der Waals surface area (Å²) in [4.78, 5) is 12.6. The molecule has 1 aliphatic carbocycles. The highest BCUT2D eigenvalue weighted by Gasteiger charge is 2.34. The van der Waals surface area contributed by atoms with Crippen molar-refractivity contribution < 1.29 is 13.9 Å². The van der Waals surface area contributed by atoms with Crippen molar-refractivity contribution in [3.05, 3.63) is 35.6 Å². The third-order valence-electron chi connectivity index (χ3n) is 5.04. The van der Waals surface area contributed by atoms with E-state index in [-0.39, 0.29) is 23.9 Å². The number of hydrogen-bond acceptors (Lipinski definition) is 3. The first-order valence-electron chi connectivity index (χ1n) is 8.58. The lowest BCUT2D eigenvalue weighted by atomic mass is 9.91. The van der Waals surface area contributed by atoms with E-state index < -0.39 is 6.10 Å². The lowest BCUT2D eigenvalue weighted by Crippen LogP contribution is -2.40. The van der Waals surface area contributed by atoms with Gasteiger partial charge >= 0.3 is 0 Å². The first-order chi connectivity index (χ1) is 11.2. The molecule has 1 aliphatic heterocycles. The van der Waals surface area contributed by atoms with Gasteiger partial charge in [0.1, 0.15) is 11.9 Å². The highest BCUT2D eigenvalue weighted by atomic mass is 19.1.